The molecule has 0 amide bonds. The van der Waals surface area contributed by atoms with E-state index in [9.17, 15) is 9.59 Å². The van der Waals surface area contributed by atoms with Crippen molar-refractivity contribution in [2.24, 2.45) is 0 Å². The van der Waals surface area contributed by atoms with Gasteiger partial charge in [-0.15, -0.1) is 0 Å². The minimum absolute atomic E-state index is 0.142. The van der Waals surface area contributed by atoms with Crippen molar-refractivity contribution in [3.8, 4) is 0 Å². The van der Waals surface area contributed by atoms with Gasteiger partial charge >= 0.3 is 5.97 Å². The van der Waals surface area contributed by atoms with Gasteiger partial charge in [0.15, 0.2) is 0 Å². The Hall–Kier alpha value is -1.23. The van der Waals surface area contributed by atoms with Gasteiger partial charge in [0.25, 0.3) is 5.56 Å². The highest BCUT2D eigenvalue weighted by molar-refractivity contribution is 7.99. The third-order valence-corrected chi connectivity index (χ3v) is 3.04. The van der Waals surface area contributed by atoms with Crippen LogP contribution in [0.15, 0.2) is 23.1 Å². The molecular weight excluding hydrogens is 214 g/mol. The van der Waals surface area contributed by atoms with Crippen LogP contribution in [0.5, 0.6) is 0 Å². The van der Waals surface area contributed by atoms with Crippen LogP contribution in [0, 0.1) is 0 Å². The van der Waals surface area contributed by atoms with E-state index in [1.807, 2.05) is 13.2 Å². The summed E-state index contributed by atoms with van der Waals surface area (Å²) in [5.41, 5.74) is -0.0243. The molecule has 0 fully saturated rings. The Kier molecular flexibility index (Phi) is 3.96. The smallest absolute Gasteiger partial charge is 0.337 e. The van der Waals surface area contributed by atoms with Gasteiger partial charge in [-0.1, -0.05) is 6.92 Å². The molecule has 0 aliphatic heterocycles. The first kappa shape index (κ1) is 11.8. The highest BCUT2D eigenvalue weighted by Gasteiger charge is 2.07. The molecule has 82 valence electrons. The average molecular weight is 227 g/mol. The summed E-state index contributed by atoms with van der Waals surface area (Å²) in [7, 11) is 0. The van der Waals surface area contributed by atoms with Crippen LogP contribution < -0.4 is 5.56 Å². The lowest BCUT2D eigenvalue weighted by Crippen LogP contribution is -2.24. The number of carboxylic acids is 1. The lowest BCUT2D eigenvalue weighted by atomic mass is 10.3. The highest BCUT2D eigenvalue weighted by Crippen LogP contribution is 2.07. The second kappa shape index (κ2) is 5.02. The quantitative estimate of drug-likeness (QED) is 0.842. The average Bonchev–Trinajstić information content (AvgIpc) is 2.20. The molecule has 0 aliphatic rings. The Labute approximate surface area is 91.9 Å². The van der Waals surface area contributed by atoms with Crippen LogP contribution >= 0.6 is 11.8 Å². The SMILES string of the molecule is CSC(C)Cn1cc(C(=O)O)ccc1=O. The molecule has 1 heterocycles. The molecule has 0 saturated carbocycles. The van der Waals surface area contributed by atoms with Gasteiger partial charge in [-0.05, 0) is 12.3 Å². The molecule has 15 heavy (non-hydrogen) atoms. The van der Waals surface area contributed by atoms with Gasteiger partial charge < -0.3 is 9.67 Å². The topological polar surface area (TPSA) is 59.3 Å². The summed E-state index contributed by atoms with van der Waals surface area (Å²) in [5, 5.41) is 9.05. The predicted molar refractivity (Wildman–Crippen MR) is 60.6 cm³/mol. The lowest BCUT2D eigenvalue weighted by molar-refractivity contribution is 0.0696. The number of aromatic nitrogens is 1. The van der Waals surface area contributed by atoms with Crippen molar-refractivity contribution in [1.82, 2.24) is 4.57 Å². The Balaban J connectivity index is 3.00. The van der Waals surface area contributed by atoms with Gasteiger partial charge in [0.1, 0.15) is 0 Å². The Morgan fingerprint density at radius 3 is 2.80 bits per heavy atom. The predicted octanol–water partition coefficient (Wildman–Crippen LogP) is 1.30. The van der Waals surface area contributed by atoms with Crippen LogP contribution in [-0.4, -0.2) is 27.1 Å². The molecule has 1 aromatic rings. The highest BCUT2D eigenvalue weighted by atomic mass is 32.2. The van der Waals surface area contributed by atoms with E-state index in [0.29, 0.717) is 6.54 Å². The lowest BCUT2D eigenvalue weighted by Gasteiger charge is -2.10. The van der Waals surface area contributed by atoms with Crippen molar-refractivity contribution < 1.29 is 9.90 Å². The third-order valence-electron chi connectivity index (χ3n) is 2.09. The van der Waals surface area contributed by atoms with Gasteiger partial charge in [0.05, 0.1) is 5.56 Å². The van der Waals surface area contributed by atoms with Crippen molar-refractivity contribution in [1.29, 1.82) is 0 Å². The number of rotatable bonds is 4. The largest absolute Gasteiger partial charge is 0.478 e. The molecule has 0 radical (unpaired) electrons. The molecule has 0 aliphatic carbocycles. The molecule has 0 bridgehead atoms. The Morgan fingerprint density at radius 2 is 2.27 bits per heavy atom. The van der Waals surface area contributed by atoms with Gasteiger partial charge in [-0.25, -0.2) is 4.79 Å². The van der Waals surface area contributed by atoms with E-state index < -0.39 is 5.97 Å². The van der Waals surface area contributed by atoms with Crippen molar-refractivity contribution in [2.45, 2.75) is 18.7 Å². The Morgan fingerprint density at radius 1 is 1.60 bits per heavy atom. The number of nitrogens with zero attached hydrogens (tertiary/aromatic N) is 1. The van der Waals surface area contributed by atoms with Crippen molar-refractivity contribution in [3.63, 3.8) is 0 Å². The number of pyridine rings is 1. The van der Waals surface area contributed by atoms with Gasteiger partial charge in [0.2, 0.25) is 0 Å². The van der Waals surface area contributed by atoms with Crippen molar-refractivity contribution in [3.05, 3.63) is 34.2 Å². The molecule has 1 atom stereocenters. The maximum atomic E-state index is 11.4. The van der Waals surface area contributed by atoms with E-state index in [1.54, 1.807) is 11.8 Å². The molecule has 1 unspecified atom stereocenters. The van der Waals surface area contributed by atoms with Crippen LogP contribution in [0.4, 0.5) is 0 Å². The summed E-state index contributed by atoms with van der Waals surface area (Å²) in [6, 6.07) is 2.61. The van der Waals surface area contributed by atoms with Crippen LogP contribution in [0.2, 0.25) is 0 Å². The number of aromatic carboxylic acids is 1. The zero-order valence-electron chi connectivity index (χ0n) is 8.64. The van der Waals surface area contributed by atoms with E-state index in [2.05, 4.69) is 0 Å². The molecular formula is C10H13NO3S. The fourth-order valence-corrected chi connectivity index (χ4v) is 1.46. The Bertz CT molecular complexity index is 413. The van der Waals surface area contributed by atoms with Crippen LogP contribution in [0.25, 0.3) is 0 Å². The van der Waals surface area contributed by atoms with Crippen LogP contribution in [-0.2, 0) is 6.54 Å². The molecule has 1 aromatic heterocycles. The van der Waals surface area contributed by atoms with E-state index in [1.165, 1.54) is 22.9 Å². The summed E-state index contributed by atoms with van der Waals surface area (Å²) in [4.78, 5) is 22.1. The second-order valence-electron chi connectivity index (χ2n) is 3.26. The van der Waals surface area contributed by atoms with Gasteiger partial charge in [0, 0.05) is 24.1 Å². The number of thioether (sulfide) groups is 1. The third kappa shape index (κ3) is 3.13. The van der Waals surface area contributed by atoms with Crippen LogP contribution in [0.3, 0.4) is 0 Å². The zero-order chi connectivity index (χ0) is 11.4. The second-order valence-corrected chi connectivity index (χ2v) is 4.54. The van der Waals surface area contributed by atoms with Crippen LogP contribution in [0.1, 0.15) is 17.3 Å². The fraction of sp³-hybridized carbons (Fsp3) is 0.400. The van der Waals surface area contributed by atoms with E-state index in [4.69, 9.17) is 5.11 Å². The number of hydrogen-bond acceptors (Lipinski definition) is 3. The standard InChI is InChI=1S/C10H13NO3S/c1-7(15-2)5-11-6-8(10(13)14)3-4-9(11)12/h3-4,6-7H,5H2,1-2H3,(H,13,14). The summed E-state index contributed by atoms with van der Waals surface area (Å²) in [6.45, 7) is 2.52. The summed E-state index contributed by atoms with van der Waals surface area (Å²) in [6.07, 6.45) is 3.34. The van der Waals surface area contributed by atoms with Crippen molar-refractivity contribution >= 4 is 17.7 Å². The molecule has 1 N–H and O–H groups in total. The fourth-order valence-electron chi connectivity index (χ4n) is 1.15. The normalized spacial score (nSPS) is 12.4. The van der Waals surface area contributed by atoms with E-state index >= 15 is 0 Å². The summed E-state index contributed by atoms with van der Waals surface area (Å²) >= 11 is 1.64. The van der Waals surface area contributed by atoms with E-state index in [-0.39, 0.29) is 16.4 Å². The summed E-state index contributed by atoms with van der Waals surface area (Å²) in [5.74, 6) is -1.01. The van der Waals surface area contributed by atoms with E-state index in [0.717, 1.165) is 0 Å². The minimum Gasteiger partial charge on any atom is -0.478 e. The molecule has 5 heteroatoms. The van der Waals surface area contributed by atoms with Gasteiger partial charge in [-0.3, -0.25) is 4.79 Å². The molecule has 4 nitrogen and oxygen atoms in total. The summed E-state index contributed by atoms with van der Waals surface area (Å²) < 4.78 is 1.44. The first-order chi connectivity index (χ1) is 7.04. The maximum Gasteiger partial charge on any atom is 0.337 e. The molecule has 0 saturated heterocycles. The van der Waals surface area contributed by atoms with Crippen molar-refractivity contribution in [2.75, 3.05) is 6.26 Å². The number of carbonyl (C=O) groups is 1. The number of carboxylic acid groups (broad SMARTS) is 1. The zero-order valence-corrected chi connectivity index (χ0v) is 9.45. The minimum atomic E-state index is -1.01. The molecule has 0 aromatic carbocycles. The first-order valence-corrected chi connectivity index (χ1v) is 5.80. The molecule has 0 spiro atoms. The maximum absolute atomic E-state index is 11.4. The monoisotopic (exact) mass is 227 g/mol. The first-order valence-electron chi connectivity index (χ1n) is 4.51. The number of hydrogen-bond donors (Lipinski definition) is 1. The molecule has 1 rings (SSSR count). The van der Waals surface area contributed by atoms with Gasteiger partial charge in [-0.2, -0.15) is 11.8 Å².